The molecule has 2 amide bonds. The Morgan fingerprint density at radius 1 is 0.966 bits per heavy atom. The highest BCUT2D eigenvalue weighted by Gasteiger charge is 2.19. The van der Waals surface area contributed by atoms with Crippen molar-refractivity contribution in [3.05, 3.63) is 58.7 Å². The first-order valence-electron chi connectivity index (χ1n) is 8.95. The van der Waals surface area contributed by atoms with Gasteiger partial charge in [0.05, 0.1) is 12.0 Å². The van der Waals surface area contributed by atoms with E-state index < -0.39 is 21.8 Å². The van der Waals surface area contributed by atoms with Crippen molar-refractivity contribution in [2.45, 2.75) is 32.1 Å². The van der Waals surface area contributed by atoms with Gasteiger partial charge in [-0.2, -0.15) is 0 Å². The molecule has 0 aliphatic carbocycles. The minimum atomic E-state index is -3.74. The molecule has 0 bridgehead atoms. The summed E-state index contributed by atoms with van der Waals surface area (Å²) in [6.45, 7) is 5.26. The van der Waals surface area contributed by atoms with E-state index in [1.807, 2.05) is 6.92 Å². The number of nitrogens with one attached hydrogen (secondary N) is 3. The summed E-state index contributed by atoms with van der Waals surface area (Å²) in [4.78, 5) is 24.1. The maximum atomic E-state index is 12.5. The number of hydrogen-bond donors (Lipinski definition) is 3. The number of methoxy groups -OCH3 is 1. The second-order valence-electron chi connectivity index (χ2n) is 6.61. The first-order chi connectivity index (χ1) is 13.6. The predicted molar refractivity (Wildman–Crippen MR) is 109 cm³/mol. The molecule has 0 heterocycles. The van der Waals surface area contributed by atoms with Gasteiger partial charge in [-0.05, 0) is 56.2 Å². The zero-order valence-corrected chi connectivity index (χ0v) is 17.6. The first-order valence-corrected chi connectivity index (χ1v) is 10.4. The highest BCUT2D eigenvalue weighted by Crippen LogP contribution is 2.21. The molecular weight excluding hydrogens is 394 g/mol. The largest absolute Gasteiger partial charge is 0.497 e. The molecule has 0 saturated heterocycles. The van der Waals surface area contributed by atoms with E-state index in [0.717, 1.165) is 5.56 Å². The van der Waals surface area contributed by atoms with Crippen molar-refractivity contribution < 1.29 is 22.7 Å². The molecule has 156 valence electrons. The van der Waals surface area contributed by atoms with Gasteiger partial charge in [-0.15, -0.1) is 0 Å². The molecule has 2 aromatic rings. The van der Waals surface area contributed by atoms with E-state index in [1.54, 1.807) is 50.2 Å². The van der Waals surface area contributed by atoms with Crippen LogP contribution in [0, 0.1) is 20.8 Å². The number of ether oxygens (including phenoxy) is 1. The quantitative estimate of drug-likeness (QED) is 0.592. The molecule has 0 aromatic heterocycles. The van der Waals surface area contributed by atoms with E-state index in [2.05, 4.69) is 15.6 Å². The van der Waals surface area contributed by atoms with Crippen LogP contribution in [0.15, 0.2) is 41.3 Å². The summed E-state index contributed by atoms with van der Waals surface area (Å²) in [7, 11) is -2.23. The van der Waals surface area contributed by atoms with Crippen LogP contribution in [-0.2, 0) is 14.8 Å². The second kappa shape index (κ2) is 9.53. The lowest BCUT2D eigenvalue weighted by atomic mass is 10.1. The third-order valence-electron chi connectivity index (χ3n) is 4.19. The number of carbonyl (C=O) groups is 2. The Morgan fingerprint density at radius 2 is 1.55 bits per heavy atom. The predicted octanol–water partition coefficient (Wildman–Crippen LogP) is 1.75. The van der Waals surface area contributed by atoms with E-state index in [4.69, 9.17) is 4.74 Å². The average molecular weight is 420 g/mol. The molecule has 0 fully saturated rings. The SMILES string of the molecule is COc1ccc(C(=O)NNC(=O)CCNS(=O)(=O)c2c(C)cc(C)cc2C)cc1. The molecule has 29 heavy (non-hydrogen) atoms. The Balaban J connectivity index is 1.85. The van der Waals surface area contributed by atoms with E-state index in [1.165, 1.54) is 7.11 Å². The van der Waals surface area contributed by atoms with Gasteiger partial charge in [0.25, 0.3) is 5.91 Å². The normalized spacial score (nSPS) is 11.0. The topological polar surface area (TPSA) is 114 Å². The highest BCUT2D eigenvalue weighted by molar-refractivity contribution is 7.89. The van der Waals surface area contributed by atoms with Crippen molar-refractivity contribution in [2.24, 2.45) is 0 Å². The molecule has 2 aromatic carbocycles. The summed E-state index contributed by atoms with van der Waals surface area (Å²) >= 11 is 0. The summed E-state index contributed by atoms with van der Waals surface area (Å²) in [5.41, 5.74) is 7.16. The lowest BCUT2D eigenvalue weighted by Gasteiger charge is -2.13. The third-order valence-corrected chi connectivity index (χ3v) is 5.95. The van der Waals surface area contributed by atoms with Gasteiger partial charge < -0.3 is 4.74 Å². The van der Waals surface area contributed by atoms with Gasteiger partial charge >= 0.3 is 0 Å². The number of rotatable bonds is 7. The first kappa shape index (κ1) is 22.4. The zero-order valence-electron chi connectivity index (χ0n) is 16.8. The Kier molecular flexibility index (Phi) is 7.35. The maximum Gasteiger partial charge on any atom is 0.269 e. The molecule has 8 nitrogen and oxygen atoms in total. The zero-order chi connectivity index (χ0) is 21.6. The summed E-state index contributed by atoms with van der Waals surface area (Å²) in [6, 6.07) is 9.95. The summed E-state index contributed by atoms with van der Waals surface area (Å²) < 4.78 is 32.5. The molecule has 0 aliphatic heterocycles. The Morgan fingerprint density at radius 3 is 2.10 bits per heavy atom. The smallest absolute Gasteiger partial charge is 0.269 e. The fourth-order valence-corrected chi connectivity index (χ4v) is 4.45. The molecule has 3 N–H and O–H groups in total. The minimum Gasteiger partial charge on any atom is -0.497 e. The van der Waals surface area contributed by atoms with Crippen molar-refractivity contribution in [1.82, 2.24) is 15.6 Å². The van der Waals surface area contributed by atoms with Crippen LogP contribution in [0.4, 0.5) is 0 Å². The van der Waals surface area contributed by atoms with Crippen LogP contribution in [0.25, 0.3) is 0 Å². The lowest BCUT2D eigenvalue weighted by Crippen LogP contribution is -2.42. The van der Waals surface area contributed by atoms with Crippen LogP contribution in [0.5, 0.6) is 5.75 Å². The van der Waals surface area contributed by atoms with Gasteiger partial charge in [0.2, 0.25) is 15.9 Å². The average Bonchev–Trinajstić information content (AvgIpc) is 2.65. The Hall–Kier alpha value is -2.91. The number of carbonyl (C=O) groups excluding carboxylic acids is 2. The number of aryl methyl sites for hydroxylation is 3. The van der Waals surface area contributed by atoms with Crippen LogP contribution in [0.2, 0.25) is 0 Å². The monoisotopic (exact) mass is 419 g/mol. The van der Waals surface area contributed by atoms with E-state index in [-0.39, 0.29) is 17.9 Å². The number of hydrogen-bond acceptors (Lipinski definition) is 5. The second-order valence-corrected chi connectivity index (χ2v) is 8.31. The molecule has 2 rings (SSSR count). The maximum absolute atomic E-state index is 12.5. The summed E-state index contributed by atoms with van der Waals surface area (Å²) in [5, 5.41) is 0. The molecule has 0 atom stereocenters. The third kappa shape index (κ3) is 6.03. The van der Waals surface area contributed by atoms with Gasteiger partial charge in [0, 0.05) is 18.5 Å². The van der Waals surface area contributed by atoms with E-state index in [0.29, 0.717) is 22.4 Å². The van der Waals surface area contributed by atoms with Gasteiger partial charge in [-0.25, -0.2) is 13.1 Å². The Labute approximate surface area is 170 Å². The lowest BCUT2D eigenvalue weighted by molar-refractivity contribution is -0.121. The summed E-state index contributed by atoms with van der Waals surface area (Å²) in [5.74, 6) is -0.406. The molecule has 0 saturated carbocycles. The van der Waals surface area contributed by atoms with Crippen LogP contribution in [0.1, 0.15) is 33.5 Å². The van der Waals surface area contributed by atoms with Gasteiger partial charge in [0.1, 0.15) is 5.75 Å². The molecule has 0 aliphatic rings. The molecular formula is C20H25N3O5S. The Bertz CT molecular complexity index is 978. The number of sulfonamides is 1. The van der Waals surface area contributed by atoms with Gasteiger partial charge in [-0.3, -0.25) is 20.4 Å². The van der Waals surface area contributed by atoms with Crippen LogP contribution in [0.3, 0.4) is 0 Å². The van der Waals surface area contributed by atoms with Gasteiger partial charge in [0.15, 0.2) is 0 Å². The molecule has 0 unspecified atom stereocenters. The summed E-state index contributed by atoms with van der Waals surface area (Å²) in [6.07, 6.45) is -0.133. The van der Waals surface area contributed by atoms with Crippen LogP contribution < -0.4 is 20.3 Å². The van der Waals surface area contributed by atoms with Gasteiger partial charge in [-0.1, -0.05) is 17.7 Å². The van der Waals surface area contributed by atoms with E-state index >= 15 is 0 Å². The number of amides is 2. The molecule has 9 heteroatoms. The van der Waals surface area contributed by atoms with Crippen molar-refractivity contribution in [2.75, 3.05) is 13.7 Å². The minimum absolute atomic E-state index is 0.0979. The molecule has 0 spiro atoms. The standard InChI is InChI=1S/C20H25N3O5S/c1-13-11-14(2)19(15(3)12-13)29(26,27)21-10-9-18(24)22-23-20(25)16-5-7-17(28-4)8-6-16/h5-8,11-12,21H,9-10H2,1-4H3,(H,22,24)(H,23,25). The fourth-order valence-electron chi connectivity index (χ4n) is 2.97. The highest BCUT2D eigenvalue weighted by atomic mass is 32.2. The number of benzene rings is 2. The van der Waals surface area contributed by atoms with Crippen molar-refractivity contribution in [3.8, 4) is 5.75 Å². The number of hydrazine groups is 1. The van der Waals surface area contributed by atoms with Crippen molar-refractivity contribution >= 4 is 21.8 Å². The van der Waals surface area contributed by atoms with Crippen molar-refractivity contribution in [3.63, 3.8) is 0 Å². The van der Waals surface area contributed by atoms with Crippen LogP contribution >= 0.6 is 0 Å². The van der Waals surface area contributed by atoms with Crippen molar-refractivity contribution in [1.29, 1.82) is 0 Å². The fraction of sp³-hybridized carbons (Fsp3) is 0.300. The van der Waals surface area contributed by atoms with Crippen LogP contribution in [-0.4, -0.2) is 33.9 Å². The molecule has 0 radical (unpaired) electrons. The van der Waals surface area contributed by atoms with E-state index in [9.17, 15) is 18.0 Å².